The van der Waals surface area contributed by atoms with E-state index in [2.05, 4.69) is 35.1 Å². The normalized spacial score (nSPS) is 10.3. The van der Waals surface area contributed by atoms with Gasteiger partial charge in [-0.2, -0.15) is 0 Å². The zero-order valence-electron chi connectivity index (χ0n) is 18.3. The van der Waals surface area contributed by atoms with E-state index in [0.717, 1.165) is 25.7 Å². The lowest BCUT2D eigenvalue weighted by Crippen LogP contribution is -2.25. The molecule has 0 bridgehead atoms. The summed E-state index contributed by atoms with van der Waals surface area (Å²) in [5.74, 6) is -0.468. The van der Waals surface area contributed by atoms with Crippen molar-refractivity contribution in [2.45, 2.75) is 39.5 Å². The van der Waals surface area contributed by atoms with E-state index in [-0.39, 0.29) is 24.3 Å². The number of rotatable bonds is 12. The molecule has 0 aliphatic heterocycles. The molecule has 7 heteroatoms. The molecule has 0 unspecified atom stereocenters. The maximum atomic E-state index is 12.2. The summed E-state index contributed by atoms with van der Waals surface area (Å²) in [6, 6.07) is 13.8. The SMILES string of the molecule is CCCCNC(=O)c1ccc(NC(=O)CNc2cccc(C(=O)NCCCC)c2)cc1. The molecular formula is C24H32N4O3. The molecule has 0 radical (unpaired) electrons. The highest BCUT2D eigenvalue weighted by molar-refractivity contribution is 5.97. The van der Waals surface area contributed by atoms with E-state index in [1.165, 1.54) is 0 Å². The average Bonchev–Trinajstić information content (AvgIpc) is 2.78. The lowest BCUT2D eigenvalue weighted by atomic mass is 10.2. The van der Waals surface area contributed by atoms with Gasteiger partial charge < -0.3 is 21.3 Å². The van der Waals surface area contributed by atoms with Crippen LogP contribution in [0.3, 0.4) is 0 Å². The fraction of sp³-hybridized carbons (Fsp3) is 0.375. The van der Waals surface area contributed by atoms with Crippen LogP contribution in [0.1, 0.15) is 60.2 Å². The molecule has 0 aromatic heterocycles. The van der Waals surface area contributed by atoms with Crippen LogP contribution in [0.15, 0.2) is 48.5 Å². The Bertz CT molecular complexity index is 865. The first-order chi connectivity index (χ1) is 15.0. The lowest BCUT2D eigenvalue weighted by Gasteiger charge is -2.10. The standard InChI is InChI=1S/C24H32N4O3/c1-3-5-14-25-23(30)18-10-12-20(13-11-18)28-22(29)17-27-21-9-7-8-19(16-21)24(31)26-15-6-4-2/h7-13,16,27H,3-6,14-15,17H2,1-2H3,(H,25,30)(H,26,31)(H,28,29). The zero-order chi connectivity index (χ0) is 22.5. The van der Waals surface area contributed by atoms with Crippen molar-refractivity contribution in [2.24, 2.45) is 0 Å². The minimum Gasteiger partial charge on any atom is -0.376 e. The Morgan fingerprint density at radius 3 is 1.97 bits per heavy atom. The Morgan fingerprint density at radius 1 is 0.742 bits per heavy atom. The van der Waals surface area contributed by atoms with Gasteiger partial charge in [0, 0.05) is 35.6 Å². The predicted molar refractivity (Wildman–Crippen MR) is 124 cm³/mol. The van der Waals surface area contributed by atoms with Crippen molar-refractivity contribution in [1.29, 1.82) is 0 Å². The van der Waals surface area contributed by atoms with Gasteiger partial charge in [0.1, 0.15) is 0 Å². The van der Waals surface area contributed by atoms with Crippen molar-refractivity contribution in [3.05, 3.63) is 59.7 Å². The molecular weight excluding hydrogens is 392 g/mol. The first-order valence-electron chi connectivity index (χ1n) is 10.8. The van der Waals surface area contributed by atoms with Crippen molar-refractivity contribution >= 4 is 29.1 Å². The number of amides is 3. The van der Waals surface area contributed by atoms with Gasteiger partial charge in [0.25, 0.3) is 11.8 Å². The Labute approximate surface area is 184 Å². The van der Waals surface area contributed by atoms with Crippen LogP contribution < -0.4 is 21.3 Å². The maximum Gasteiger partial charge on any atom is 0.251 e. The molecule has 0 fully saturated rings. The first kappa shape index (κ1) is 23.9. The molecule has 0 aliphatic carbocycles. The summed E-state index contributed by atoms with van der Waals surface area (Å²) in [6.07, 6.45) is 3.93. The minimum absolute atomic E-state index is 0.0557. The summed E-state index contributed by atoms with van der Waals surface area (Å²) in [4.78, 5) is 36.4. The molecule has 0 saturated carbocycles. The van der Waals surface area contributed by atoms with Gasteiger partial charge in [-0.05, 0) is 55.3 Å². The van der Waals surface area contributed by atoms with Gasteiger partial charge >= 0.3 is 0 Å². The lowest BCUT2D eigenvalue weighted by molar-refractivity contribution is -0.114. The Hall–Kier alpha value is -3.35. The van der Waals surface area contributed by atoms with Crippen LogP contribution >= 0.6 is 0 Å². The highest BCUT2D eigenvalue weighted by Gasteiger charge is 2.08. The maximum absolute atomic E-state index is 12.2. The van der Waals surface area contributed by atoms with E-state index in [4.69, 9.17) is 0 Å². The van der Waals surface area contributed by atoms with E-state index in [0.29, 0.717) is 35.6 Å². The van der Waals surface area contributed by atoms with Gasteiger partial charge in [0.2, 0.25) is 5.91 Å². The van der Waals surface area contributed by atoms with Crippen molar-refractivity contribution in [2.75, 3.05) is 30.3 Å². The van der Waals surface area contributed by atoms with Crippen LogP contribution in [-0.2, 0) is 4.79 Å². The molecule has 7 nitrogen and oxygen atoms in total. The van der Waals surface area contributed by atoms with Crippen molar-refractivity contribution in [3.63, 3.8) is 0 Å². The summed E-state index contributed by atoms with van der Waals surface area (Å²) in [7, 11) is 0. The summed E-state index contributed by atoms with van der Waals surface area (Å²) < 4.78 is 0. The second-order valence-corrected chi connectivity index (χ2v) is 7.28. The minimum atomic E-state index is -0.224. The van der Waals surface area contributed by atoms with E-state index < -0.39 is 0 Å². The van der Waals surface area contributed by atoms with Gasteiger partial charge in [-0.3, -0.25) is 14.4 Å². The monoisotopic (exact) mass is 424 g/mol. The molecule has 3 amide bonds. The fourth-order valence-corrected chi connectivity index (χ4v) is 2.82. The smallest absolute Gasteiger partial charge is 0.251 e. The van der Waals surface area contributed by atoms with E-state index in [9.17, 15) is 14.4 Å². The second-order valence-electron chi connectivity index (χ2n) is 7.28. The van der Waals surface area contributed by atoms with Crippen molar-refractivity contribution in [3.8, 4) is 0 Å². The van der Waals surface area contributed by atoms with E-state index >= 15 is 0 Å². The van der Waals surface area contributed by atoms with Gasteiger partial charge in [-0.1, -0.05) is 32.8 Å². The van der Waals surface area contributed by atoms with Gasteiger partial charge in [0.15, 0.2) is 0 Å². The molecule has 31 heavy (non-hydrogen) atoms. The van der Waals surface area contributed by atoms with Crippen LogP contribution in [0.4, 0.5) is 11.4 Å². The molecule has 4 N–H and O–H groups in total. The second kappa shape index (κ2) is 13.1. The number of nitrogens with one attached hydrogen (secondary N) is 4. The van der Waals surface area contributed by atoms with Crippen molar-refractivity contribution in [1.82, 2.24) is 10.6 Å². The molecule has 0 aliphatic rings. The van der Waals surface area contributed by atoms with Crippen LogP contribution in [-0.4, -0.2) is 37.4 Å². The number of carbonyl (C=O) groups excluding carboxylic acids is 3. The fourth-order valence-electron chi connectivity index (χ4n) is 2.82. The Morgan fingerprint density at radius 2 is 1.35 bits per heavy atom. The molecule has 2 aromatic rings. The molecule has 0 atom stereocenters. The Kier molecular flexibility index (Phi) is 10.1. The van der Waals surface area contributed by atoms with Crippen molar-refractivity contribution < 1.29 is 14.4 Å². The summed E-state index contributed by atoms with van der Waals surface area (Å²) >= 11 is 0. The summed E-state index contributed by atoms with van der Waals surface area (Å²) in [5.41, 5.74) is 2.41. The third-order valence-corrected chi connectivity index (χ3v) is 4.64. The molecule has 0 heterocycles. The van der Waals surface area contributed by atoms with Gasteiger partial charge in [-0.25, -0.2) is 0 Å². The van der Waals surface area contributed by atoms with E-state index in [1.54, 1.807) is 42.5 Å². The van der Waals surface area contributed by atoms with Gasteiger partial charge in [0.05, 0.1) is 6.54 Å². The van der Waals surface area contributed by atoms with Gasteiger partial charge in [-0.15, -0.1) is 0 Å². The molecule has 2 aromatic carbocycles. The van der Waals surface area contributed by atoms with Crippen LogP contribution in [0.25, 0.3) is 0 Å². The predicted octanol–water partition coefficient (Wildman–Crippen LogP) is 3.80. The average molecular weight is 425 g/mol. The third-order valence-electron chi connectivity index (χ3n) is 4.64. The zero-order valence-corrected chi connectivity index (χ0v) is 18.3. The third kappa shape index (κ3) is 8.50. The molecule has 0 saturated heterocycles. The molecule has 0 spiro atoms. The number of hydrogen-bond donors (Lipinski definition) is 4. The largest absolute Gasteiger partial charge is 0.376 e. The number of unbranched alkanes of at least 4 members (excludes halogenated alkanes) is 2. The summed E-state index contributed by atoms with van der Waals surface area (Å²) in [5, 5.41) is 11.6. The summed E-state index contributed by atoms with van der Waals surface area (Å²) in [6.45, 7) is 5.50. The van der Waals surface area contributed by atoms with E-state index in [1.807, 2.05) is 6.07 Å². The number of hydrogen-bond acceptors (Lipinski definition) is 4. The number of anilines is 2. The highest BCUT2D eigenvalue weighted by Crippen LogP contribution is 2.12. The molecule has 166 valence electrons. The van der Waals surface area contributed by atoms with Crippen LogP contribution in [0.5, 0.6) is 0 Å². The Balaban J connectivity index is 1.82. The van der Waals surface area contributed by atoms with Crippen LogP contribution in [0.2, 0.25) is 0 Å². The first-order valence-corrected chi connectivity index (χ1v) is 10.8. The highest BCUT2D eigenvalue weighted by atomic mass is 16.2. The van der Waals surface area contributed by atoms with Crippen LogP contribution in [0, 0.1) is 0 Å². The quantitative estimate of drug-likeness (QED) is 0.390. The molecule has 2 rings (SSSR count). The number of benzene rings is 2. The number of carbonyl (C=O) groups is 3. The topological polar surface area (TPSA) is 99.3 Å².